The van der Waals surface area contributed by atoms with Crippen LogP contribution in [-0.4, -0.2) is 49.6 Å². The molecule has 0 radical (unpaired) electrons. The first kappa shape index (κ1) is 19.7. The van der Waals surface area contributed by atoms with E-state index in [0.29, 0.717) is 36.8 Å². The first-order valence-corrected chi connectivity index (χ1v) is 9.77. The quantitative estimate of drug-likeness (QED) is 0.835. The van der Waals surface area contributed by atoms with Crippen LogP contribution in [0.5, 0.6) is 0 Å². The van der Waals surface area contributed by atoms with Crippen molar-refractivity contribution in [2.24, 2.45) is 5.92 Å². The third-order valence-corrected chi connectivity index (χ3v) is 4.76. The molecule has 0 saturated carbocycles. The second-order valence-corrected chi connectivity index (χ2v) is 7.42. The fourth-order valence-corrected chi connectivity index (χ4v) is 3.11. The third kappa shape index (κ3) is 5.25. The van der Waals surface area contributed by atoms with Crippen molar-refractivity contribution in [2.45, 2.75) is 13.8 Å². The lowest BCUT2D eigenvalue weighted by atomic mass is 10.1. The highest BCUT2D eigenvalue weighted by molar-refractivity contribution is 5.95. The Morgan fingerprint density at radius 2 is 1.57 bits per heavy atom. The van der Waals surface area contributed by atoms with E-state index >= 15 is 0 Å². The van der Waals surface area contributed by atoms with Crippen LogP contribution in [0.25, 0.3) is 0 Å². The number of carbonyl (C=O) groups excluding carboxylic acids is 2. The van der Waals surface area contributed by atoms with Gasteiger partial charge in [-0.1, -0.05) is 32.0 Å². The SMILES string of the molecule is CC(C)CNC(=O)c1ccc(NC(=O)N2CCN(c3ccccc3)CC2)cc1. The summed E-state index contributed by atoms with van der Waals surface area (Å²) in [5, 5.41) is 5.81. The van der Waals surface area contributed by atoms with Crippen molar-refractivity contribution in [2.75, 3.05) is 42.9 Å². The molecule has 2 aromatic carbocycles. The summed E-state index contributed by atoms with van der Waals surface area (Å²) in [4.78, 5) is 28.7. The molecule has 28 heavy (non-hydrogen) atoms. The molecule has 1 fully saturated rings. The number of hydrogen-bond acceptors (Lipinski definition) is 3. The molecule has 148 valence electrons. The van der Waals surface area contributed by atoms with Gasteiger partial charge in [-0.25, -0.2) is 4.79 Å². The lowest BCUT2D eigenvalue weighted by molar-refractivity contribution is 0.0949. The first-order chi connectivity index (χ1) is 13.5. The van der Waals surface area contributed by atoms with E-state index in [0.717, 1.165) is 13.1 Å². The number of carbonyl (C=O) groups is 2. The van der Waals surface area contributed by atoms with E-state index in [1.807, 2.05) is 23.1 Å². The molecular formula is C22H28N4O2. The number of anilines is 2. The van der Waals surface area contributed by atoms with E-state index < -0.39 is 0 Å². The maximum Gasteiger partial charge on any atom is 0.321 e. The van der Waals surface area contributed by atoms with Crippen LogP contribution in [0.4, 0.5) is 16.2 Å². The third-order valence-electron chi connectivity index (χ3n) is 4.76. The Hall–Kier alpha value is -3.02. The molecule has 1 heterocycles. The molecule has 0 unspecified atom stereocenters. The Morgan fingerprint density at radius 1 is 0.929 bits per heavy atom. The molecule has 2 aromatic rings. The first-order valence-electron chi connectivity index (χ1n) is 9.77. The maximum atomic E-state index is 12.5. The van der Waals surface area contributed by atoms with Crippen LogP contribution >= 0.6 is 0 Å². The predicted octanol–water partition coefficient (Wildman–Crippen LogP) is 3.43. The molecule has 0 aromatic heterocycles. The van der Waals surface area contributed by atoms with Crippen LogP contribution in [0.15, 0.2) is 54.6 Å². The predicted molar refractivity (Wildman–Crippen MR) is 113 cm³/mol. The van der Waals surface area contributed by atoms with Crippen molar-refractivity contribution >= 4 is 23.3 Å². The van der Waals surface area contributed by atoms with Gasteiger partial charge in [0.2, 0.25) is 0 Å². The highest BCUT2D eigenvalue weighted by Gasteiger charge is 2.21. The number of rotatable bonds is 5. The molecule has 1 aliphatic rings. The molecule has 6 heteroatoms. The number of piperazine rings is 1. The number of hydrogen-bond donors (Lipinski definition) is 2. The molecule has 2 N–H and O–H groups in total. The smallest absolute Gasteiger partial charge is 0.321 e. The number of urea groups is 1. The average Bonchev–Trinajstić information content (AvgIpc) is 2.73. The van der Waals surface area contributed by atoms with Crippen molar-refractivity contribution in [3.05, 3.63) is 60.2 Å². The second-order valence-electron chi connectivity index (χ2n) is 7.42. The molecule has 6 nitrogen and oxygen atoms in total. The minimum absolute atomic E-state index is 0.0939. The van der Waals surface area contributed by atoms with Gasteiger partial charge in [-0.15, -0.1) is 0 Å². The summed E-state index contributed by atoms with van der Waals surface area (Å²) in [6.45, 7) is 7.73. The Labute approximate surface area is 166 Å². The second kappa shape index (κ2) is 9.26. The average molecular weight is 380 g/mol. The van der Waals surface area contributed by atoms with Gasteiger partial charge < -0.3 is 20.4 Å². The molecule has 1 aliphatic heterocycles. The van der Waals surface area contributed by atoms with Crippen molar-refractivity contribution in [1.29, 1.82) is 0 Å². The van der Waals surface area contributed by atoms with Crippen molar-refractivity contribution in [3.63, 3.8) is 0 Å². The molecule has 0 bridgehead atoms. The summed E-state index contributed by atoms with van der Waals surface area (Å²) in [5.41, 5.74) is 2.47. The van der Waals surface area contributed by atoms with Gasteiger partial charge >= 0.3 is 6.03 Å². The zero-order chi connectivity index (χ0) is 19.9. The highest BCUT2D eigenvalue weighted by Crippen LogP contribution is 2.16. The van der Waals surface area contributed by atoms with Crippen LogP contribution in [0.2, 0.25) is 0 Å². The van der Waals surface area contributed by atoms with E-state index in [1.54, 1.807) is 24.3 Å². The summed E-state index contributed by atoms with van der Waals surface area (Å²) in [6.07, 6.45) is 0. The molecule has 3 rings (SSSR count). The van der Waals surface area contributed by atoms with E-state index in [-0.39, 0.29) is 11.9 Å². The Morgan fingerprint density at radius 3 is 2.18 bits per heavy atom. The number of nitrogens with one attached hydrogen (secondary N) is 2. The minimum atomic E-state index is -0.107. The number of benzene rings is 2. The van der Waals surface area contributed by atoms with Crippen LogP contribution in [0.1, 0.15) is 24.2 Å². The van der Waals surface area contributed by atoms with Crippen molar-refractivity contribution in [1.82, 2.24) is 10.2 Å². The van der Waals surface area contributed by atoms with Gasteiger partial charge in [0, 0.05) is 49.7 Å². The molecule has 0 aliphatic carbocycles. The fourth-order valence-electron chi connectivity index (χ4n) is 3.11. The summed E-state index contributed by atoms with van der Waals surface area (Å²) in [7, 11) is 0. The standard InChI is InChI=1S/C22H28N4O2/c1-17(2)16-23-21(27)18-8-10-19(11-9-18)24-22(28)26-14-12-25(13-15-26)20-6-4-3-5-7-20/h3-11,17H,12-16H2,1-2H3,(H,23,27)(H,24,28). The lowest BCUT2D eigenvalue weighted by Gasteiger charge is -2.36. The monoisotopic (exact) mass is 380 g/mol. The summed E-state index contributed by atoms with van der Waals surface area (Å²) in [6, 6.07) is 17.1. The topological polar surface area (TPSA) is 64.7 Å². The van der Waals surface area contributed by atoms with Crippen LogP contribution in [0, 0.1) is 5.92 Å². The lowest BCUT2D eigenvalue weighted by Crippen LogP contribution is -2.50. The summed E-state index contributed by atoms with van der Waals surface area (Å²) < 4.78 is 0. The molecule has 0 atom stereocenters. The highest BCUT2D eigenvalue weighted by atomic mass is 16.2. The molecular weight excluding hydrogens is 352 g/mol. The maximum absolute atomic E-state index is 12.5. The van der Waals surface area contributed by atoms with Gasteiger partial charge in [-0.05, 0) is 42.3 Å². The van der Waals surface area contributed by atoms with E-state index in [4.69, 9.17) is 0 Å². The van der Waals surface area contributed by atoms with Crippen molar-refractivity contribution < 1.29 is 9.59 Å². The summed E-state index contributed by atoms with van der Waals surface area (Å²) >= 11 is 0. The minimum Gasteiger partial charge on any atom is -0.368 e. The van der Waals surface area contributed by atoms with Gasteiger partial charge in [0.25, 0.3) is 5.91 Å². The number of para-hydroxylation sites is 1. The molecule has 0 spiro atoms. The van der Waals surface area contributed by atoms with E-state index in [2.05, 4.69) is 41.5 Å². The Balaban J connectivity index is 1.49. The van der Waals surface area contributed by atoms with Gasteiger partial charge in [0.15, 0.2) is 0 Å². The number of nitrogens with zero attached hydrogens (tertiary/aromatic N) is 2. The summed E-state index contributed by atoms with van der Waals surface area (Å²) in [5.74, 6) is 0.313. The van der Waals surface area contributed by atoms with Gasteiger partial charge in [-0.2, -0.15) is 0 Å². The van der Waals surface area contributed by atoms with Gasteiger partial charge in [0.05, 0.1) is 0 Å². The number of amides is 3. The zero-order valence-electron chi connectivity index (χ0n) is 16.5. The largest absolute Gasteiger partial charge is 0.368 e. The van der Waals surface area contributed by atoms with Crippen LogP contribution in [-0.2, 0) is 0 Å². The van der Waals surface area contributed by atoms with E-state index in [1.165, 1.54) is 5.69 Å². The fraction of sp³-hybridized carbons (Fsp3) is 0.364. The van der Waals surface area contributed by atoms with Crippen LogP contribution < -0.4 is 15.5 Å². The normalized spacial score (nSPS) is 14.1. The van der Waals surface area contributed by atoms with E-state index in [9.17, 15) is 9.59 Å². The van der Waals surface area contributed by atoms with Crippen molar-refractivity contribution in [3.8, 4) is 0 Å². The van der Waals surface area contributed by atoms with Crippen LogP contribution in [0.3, 0.4) is 0 Å². The van der Waals surface area contributed by atoms with Gasteiger partial charge in [-0.3, -0.25) is 4.79 Å². The Kier molecular flexibility index (Phi) is 6.53. The zero-order valence-corrected chi connectivity index (χ0v) is 16.5. The molecule has 1 saturated heterocycles. The Bertz CT molecular complexity index is 782. The molecule has 3 amide bonds. The van der Waals surface area contributed by atoms with Gasteiger partial charge in [0.1, 0.15) is 0 Å².